The number of aromatic carboxylic acids is 1. The van der Waals surface area contributed by atoms with Crippen molar-refractivity contribution in [3.8, 4) is 5.75 Å². The zero-order valence-electron chi connectivity index (χ0n) is 11.3. The molecule has 0 spiro atoms. The van der Waals surface area contributed by atoms with Gasteiger partial charge in [0.05, 0.1) is 17.5 Å². The molecule has 1 atom stereocenters. The number of nitrogens with one attached hydrogen (secondary N) is 1. The third kappa shape index (κ3) is 4.33. The van der Waals surface area contributed by atoms with Crippen molar-refractivity contribution >= 4 is 21.7 Å². The summed E-state index contributed by atoms with van der Waals surface area (Å²) in [7, 11) is -3.62. The predicted molar refractivity (Wildman–Crippen MR) is 76.1 cm³/mol. The van der Waals surface area contributed by atoms with Gasteiger partial charge in [-0.15, -0.1) is 0 Å². The molecule has 1 fully saturated rings. The summed E-state index contributed by atoms with van der Waals surface area (Å²) < 4.78 is 31.7. The third-order valence-electron chi connectivity index (χ3n) is 3.18. The van der Waals surface area contributed by atoms with E-state index in [-0.39, 0.29) is 23.1 Å². The number of aromatic hydroxyl groups is 1. The molecule has 0 aromatic heterocycles. The minimum atomic E-state index is -3.62. The first-order valence-electron chi connectivity index (χ1n) is 6.56. The van der Waals surface area contributed by atoms with Crippen molar-refractivity contribution in [2.75, 3.05) is 17.1 Å². The summed E-state index contributed by atoms with van der Waals surface area (Å²) in [6.45, 7) is 0.564. The van der Waals surface area contributed by atoms with E-state index in [0.717, 1.165) is 25.0 Å². The molecule has 1 heterocycles. The van der Waals surface area contributed by atoms with E-state index in [2.05, 4.69) is 4.72 Å². The molecule has 0 aliphatic carbocycles. The minimum Gasteiger partial charge on any atom is -0.507 e. The Morgan fingerprint density at radius 1 is 1.38 bits per heavy atom. The third-order valence-corrected chi connectivity index (χ3v) is 4.54. The molecule has 116 valence electrons. The van der Waals surface area contributed by atoms with E-state index in [9.17, 15) is 18.3 Å². The molecule has 0 saturated carbocycles. The lowest BCUT2D eigenvalue weighted by molar-refractivity contribution is 0.0306. The van der Waals surface area contributed by atoms with Crippen molar-refractivity contribution in [2.45, 2.75) is 25.4 Å². The van der Waals surface area contributed by atoms with Crippen LogP contribution in [0.4, 0.5) is 5.69 Å². The van der Waals surface area contributed by atoms with Crippen molar-refractivity contribution in [1.82, 2.24) is 0 Å². The molecule has 0 radical (unpaired) electrons. The first-order valence-corrected chi connectivity index (χ1v) is 8.21. The topological polar surface area (TPSA) is 113 Å². The van der Waals surface area contributed by atoms with Gasteiger partial charge < -0.3 is 14.9 Å². The summed E-state index contributed by atoms with van der Waals surface area (Å²) in [4.78, 5) is 10.8. The van der Waals surface area contributed by atoms with E-state index in [4.69, 9.17) is 9.84 Å². The molecule has 1 aliphatic rings. The maximum Gasteiger partial charge on any atom is 0.339 e. The Balaban J connectivity index is 2.05. The lowest BCUT2D eigenvalue weighted by Gasteiger charge is -2.22. The maximum absolute atomic E-state index is 12.0. The Bertz CT molecular complexity index is 622. The van der Waals surface area contributed by atoms with Gasteiger partial charge in [-0.25, -0.2) is 13.2 Å². The molecule has 1 aliphatic heterocycles. The molecule has 1 aromatic carbocycles. The lowest BCUT2D eigenvalue weighted by Crippen LogP contribution is -2.30. The van der Waals surface area contributed by atoms with Gasteiger partial charge in [0.15, 0.2) is 0 Å². The van der Waals surface area contributed by atoms with Gasteiger partial charge in [-0.2, -0.15) is 0 Å². The summed E-state index contributed by atoms with van der Waals surface area (Å²) in [5.41, 5.74) is -0.165. The predicted octanol–water partition coefficient (Wildman–Crippen LogP) is 1.40. The molecular formula is C13H17NO6S. The fraction of sp³-hybridized carbons (Fsp3) is 0.462. The van der Waals surface area contributed by atoms with Gasteiger partial charge in [-0.05, 0) is 31.4 Å². The van der Waals surface area contributed by atoms with Gasteiger partial charge in [0, 0.05) is 12.7 Å². The smallest absolute Gasteiger partial charge is 0.339 e. The lowest BCUT2D eigenvalue weighted by atomic mass is 10.1. The van der Waals surface area contributed by atoms with Crippen molar-refractivity contribution < 1.29 is 28.2 Å². The first kappa shape index (κ1) is 15.6. The van der Waals surface area contributed by atoms with Gasteiger partial charge in [0.1, 0.15) is 11.3 Å². The summed E-state index contributed by atoms with van der Waals surface area (Å²) in [5.74, 6) is -1.93. The number of carbonyl (C=O) groups is 1. The number of sulfonamides is 1. The van der Waals surface area contributed by atoms with Gasteiger partial charge >= 0.3 is 5.97 Å². The van der Waals surface area contributed by atoms with E-state index in [0.29, 0.717) is 13.0 Å². The van der Waals surface area contributed by atoms with Gasteiger partial charge in [0.2, 0.25) is 10.0 Å². The second kappa shape index (κ2) is 6.31. The van der Waals surface area contributed by atoms with Crippen LogP contribution in [-0.2, 0) is 14.8 Å². The van der Waals surface area contributed by atoms with Crippen LogP contribution in [0.5, 0.6) is 5.75 Å². The standard InChI is InChI=1S/C13H17NO6S/c15-12-7-9(4-5-11(12)13(16)17)14-21(18,19)8-10-3-1-2-6-20-10/h4-5,7,10,14-15H,1-3,6,8H2,(H,16,17). The molecule has 1 aromatic rings. The van der Waals surface area contributed by atoms with Crippen molar-refractivity contribution in [3.05, 3.63) is 23.8 Å². The van der Waals surface area contributed by atoms with Crippen LogP contribution in [0.15, 0.2) is 18.2 Å². The minimum absolute atomic E-state index is 0.119. The number of ether oxygens (including phenoxy) is 1. The molecule has 0 amide bonds. The van der Waals surface area contributed by atoms with Crippen LogP contribution in [0.25, 0.3) is 0 Å². The maximum atomic E-state index is 12.0. The Morgan fingerprint density at radius 3 is 2.71 bits per heavy atom. The van der Waals surface area contributed by atoms with Crippen LogP contribution in [0.3, 0.4) is 0 Å². The van der Waals surface area contributed by atoms with Gasteiger partial charge in [0.25, 0.3) is 0 Å². The Labute approximate surface area is 122 Å². The van der Waals surface area contributed by atoms with Crippen molar-refractivity contribution in [1.29, 1.82) is 0 Å². The fourth-order valence-corrected chi connectivity index (χ4v) is 3.50. The van der Waals surface area contributed by atoms with E-state index < -0.39 is 21.7 Å². The van der Waals surface area contributed by atoms with Crippen LogP contribution >= 0.6 is 0 Å². The highest BCUT2D eigenvalue weighted by molar-refractivity contribution is 7.92. The summed E-state index contributed by atoms with van der Waals surface area (Å²) in [6.07, 6.45) is 2.25. The average molecular weight is 315 g/mol. The van der Waals surface area contributed by atoms with Crippen LogP contribution in [0, 0.1) is 0 Å². The Morgan fingerprint density at radius 2 is 2.14 bits per heavy atom. The molecule has 3 N–H and O–H groups in total. The number of hydrogen-bond donors (Lipinski definition) is 3. The van der Waals surface area contributed by atoms with E-state index in [1.807, 2.05) is 0 Å². The highest BCUT2D eigenvalue weighted by Crippen LogP contribution is 2.23. The van der Waals surface area contributed by atoms with Crippen LogP contribution < -0.4 is 4.72 Å². The van der Waals surface area contributed by atoms with Gasteiger partial charge in [-0.1, -0.05) is 0 Å². The summed E-state index contributed by atoms with van der Waals surface area (Å²) in [5, 5.41) is 18.3. The zero-order valence-corrected chi connectivity index (χ0v) is 12.1. The van der Waals surface area contributed by atoms with Crippen molar-refractivity contribution in [2.24, 2.45) is 0 Å². The number of benzene rings is 1. The average Bonchev–Trinajstić information content (AvgIpc) is 2.38. The SMILES string of the molecule is O=C(O)c1ccc(NS(=O)(=O)CC2CCCCO2)cc1O. The molecular weight excluding hydrogens is 298 g/mol. The number of carboxylic acids is 1. The Kier molecular flexibility index (Phi) is 4.69. The molecule has 2 rings (SSSR count). The van der Waals surface area contributed by atoms with Crippen LogP contribution in [-0.4, -0.2) is 43.1 Å². The monoisotopic (exact) mass is 315 g/mol. The quantitative estimate of drug-likeness (QED) is 0.757. The van der Waals surface area contributed by atoms with Crippen molar-refractivity contribution in [3.63, 3.8) is 0 Å². The van der Waals surface area contributed by atoms with E-state index in [1.54, 1.807) is 0 Å². The number of hydrogen-bond acceptors (Lipinski definition) is 5. The highest BCUT2D eigenvalue weighted by Gasteiger charge is 2.22. The number of carboxylic acid groups (broad SMARTS) is 1. The number of rotatable bonds is 5. The largest absolute Gasteiger partial charge is 0.507 e. The second-order valence-electron chi connectivity index (χ2n) is 4.91. The summed E-state index contributed by atoms with van der Waals surface area (Å²) in [6, 6.07) is 3.51. The van der Waals surface area contributed by atoms with Crippen LogP contribution in [0.1, 0.15) is 29.6 Å². The fourth-order valence-electron chi connectivity index (χ4n) is 2.18. The molecule has 8 heteroatoms. The zero-order chi connectivity index (χ0) is 15.5. The van der Waals surface area contributed by atoms with Gasteiger partial charge in [-0.3, -0.25) is 4.72 Å². The highest BCUT2D eigenvalue weighted by atomic mass is 32.2. The first-order chi connectivity index (χ1) is 9.87. The van der Waals surface area contributed by atoms with E-state index in [1.165, 1.54) is 6.07 Å². The number of anilines is 1. The normalized spacial score (nSPS) is 19.1. The number of phenols is 1. The van der Waals surface area contributed by atoms with E-state index >= 15 is 0 Å². The summed E-state index contributed by atoms with van der Waals surface area (Å²) >= 11 is 0. The van der Waals surface area contributed by atoms with Crippen LogP contribution in [0.2, 0.25) is 0 Å². The Hall–Kier alpha value is -1.80. The molecule has 1 unspecified atom stereocenters. The molecule has 7 nitrogen and oxygen atoms in total. The molecule has 0 bridgehead atoms. The second-order valence-corrected chi connectivity index (χ2v) is 6.68. The molecule has 1 saturated heterocycles. The molecule has 21 heavy (non-hydrogen) atoms.